The van der Waals surface area contributed by atoms with E-state index in [4.69, 9.17) is 21.1 Å². The molecule has 0 saturated carbocycles. The van der Waals surface area contributed by atoms with E-state index in [0.29, 0.717) is 28.9 Å². The van der Waals surface area contributed by atoms with E-state index in [1.807, 2.05) is 20.8 Å². The number of Topliss-reactive ketones (excluding diaryl/α,β-unsaturated/α-hetero) is 1. The molecule has 4 aromatic rings. The molecule has 0 aliphatic carbocycles. The van der Waals surface area contributed by atoms with Gasteiger partial charge in [-0.2, -0.15) is 15.2 Å². The van der Waals surface area contributed by atoms with E-state index in [0.717, 1.165) is 26.5 Å². The maximum absolute atomic E-state index is 13.1. The molecule has 0 fully saturated rings. The number of hydrogen-bond donors (Lipinski definition) is 0. The molecule has 4 aromatic heterocycles. The predicted octanol–water partition coefficient (Wildman–Crippen LogP) is 4.09. The number of pyridine rings is 2. The standard InChI is InChI=1S/C22H23ClN6O3S/c1-5-32-12(2)18-15(11-24-22-19(18)27-13(3)33-22)9-16(30)8-14-10-17(23)20(28-21(14)31-4)29-25-6-7-26-29/h6-7,10-12H,5,8-9H2,1-4H3. The smallest absolute Gasteiger partial charge is 0.218 e. The summed E-state index contributed by atoms with van der Waals surface area (Å²) in [5, 5.41) is 9.34. The fraction of sp³-hybridized carbons (Fsp3) is 0.364. The molecule has 33 heavy (non-hydrogen) atoms. The topological polar surface area (TPSA) is 105 Å². The Morgan fingerprint density at radius 3 is 2.64 bits per heavy atom. The number of ketones is 1. The minimum absolute atomic E-state index is 0.0332. The summed E-state index contributed by atoms with van der Waals surface area (Å²) in [6.07, 6.45) is 4.86. The summed E-state index contributed by atoms with van der Waals surface area (Å²) < 4.78 is 11.3. The van der Waals surface area contributed by atoms with Gasteiger partial charge >= 0.3 is 0 Å². The van der Waals surface area contributed by atoms with Crippen LogP contribution in [0.2, 0.25) is 5.02 Å². The lowest BCUT2D eigenvalue weighted by Crippen LogP contribution is -2.13. The van der Waals surface area contributed by atoms with Crippen LogP contribution >= 0.6 is 22.9 Å². The molecule has 0 bridgehead atoms. The minimum atomic E-state index is -0.212. The number of fused-ring (bicyclic) bond motifs is 1. The quantitative estimate of drug-likeness (QED) is 0.348. The number of carbonyl (C=O) groups is 1. The molecule has 0 saturated heterocycles. The first-order valence-electron chi connectivity index (χ1n) is 10.4. The summed E-state index contributed by atoms with van der Waals surface area (Å²) in [7, 11) is 1.49. The number of methoxy groups -OCH3 is 1. The van der Waals surface area contributed by atoms with Gasteiger partial charge in [0.25, 0.3) is 0 Å². The van der Waals surface area contributed by atoms with Crippen molar-refractivity contribution < 1.29 is 14.3 Å². The number of aryl methyl sites for hydroxylation is 1. The average molecular weight is 487 g/mol. The van der Waals surface area contributed by atoms with Gasteiger partial charge in [0.2, 0.25) is 5.88 Å². The van der Waals surface area contributed by atoms with Crippen LogP contribution in [0.15, 0.2) is 24.7 Å². The first kappa shape index (κ1) is 23.2. The summed E-state index contributed by atoms with van der Waals surface area (Å²) in [4.78, 5) is 28.8. The van der Waals surface area contributed by atoms with E-state index >= 15 is 0 Å². The van der Waals surface area contributed by atoms with E-state index in [2.05, 4.69) is 25.1 Å². The molecule has 0 N–H and O–H groups in total. The Labute approximate surface area is 199 Å². The highest BCUT2D eigenvalue weighted by Gasteiger charge is 2.22. The van der Waals surface area contributed by atoms with Crippen molar-refractivity contribution >= 4 is 39.1 Å². The highest BCUT2D eigenvalue weighted by Crippen LogP contribution is 2.32. The molecule has 1 unspecified atom stereocenters. The molecule has 4 rings (SSSR count). The monoisotopic (exact) mass is 486 g/mol. The van der Waals surface area contributed by atoms with Crippen LogP contribution in [0.1, 0.15) is 41.6 Å². The first-order valence-corrected chi connectivity index (χ1v) is 11.6. The Morgan fingerprint density at radius 1 is 1.21 bits per heavy atom. The highest BCUT2D eigenvalue weighted by molar-refractivity contribution is 7.18. The van der Waals surface area contributed by atoms with Gasteiger partial charge in [-0.1, -0.05) is 22.9 Å². The summed E-state index contributed by atoms with van der Waals surface area (Å²) in [6, 6.07) is 1.67. The molecule has 0 aliphatic heterocycles. The Balaban J connectivity index is 1.63. The molecule has 172 valence electrons. The Hall–Kier alpha value is -2.95. The third kappa shape index (κ3) is 4.87. The Bertz CT molecular complexity index is 1290. The molecule has 0 radical (unpaired) electrons. The van der Waals surface area contributed by atoms with Crippen molar-refractivity contribution in [3.63, 3.8) is 0 Å². The van der Waals surface area contributed by atoms with Crippen molar-refractivity contribution in [1.29, 1.82) is 0 Å². The SMILES string of the molecule is CCOC(C)c1c(CC(=O)Cc2cc(Cl)c(-n3nccn3)nc2OC)cnc2sc(C)nc12. The van der Waals surface area contributed by atoms with Crippen LogP contribution < -0.4 is 4.74 Å². The molecule has 0 spiro atoms. The predicted molar refractivity (Wildman–Crippen MR) is 125 cm³/mol. The number of rotatable bonds is 9. The van der Waals surface area contributed by atoms with Gasteiger partial charge in [-0.25, -0.2) is 9.97 Å². The van der Waals surface area contributed by atoms with Crippen LogP contribution in [0.25, 0.3) is 16.2 Å². The Morgan fingerprint density at radius 2 is 1.94 bits per heavy atom. The van der Waals surface area contributed by atoms with E-state index in [1.165, 1.54) is 35.6 Å². The molecule has 11 heteroatoms. The second-order valence-electron chi connectivity index (χ2n) is 7.35. The summed E-state index contributed by atoms with van der Waals surface area (Å²) in [5.74, 6) is 0.594. The summed E-state index contributed by atoms with van der Waals surface area (Å²) in [6.45, 7) is 6.41. The zero-order valence-electron chi connectivity index (χ0n) is 18.7. The minimum Gasteiger partial charge on any atom is -0.481 e. The van der Waals surface area contributed by atoms with Gasteiger partial charge in [0.15, 0.2) is 5.82 Å². The maximum Gasteiger partial charge on any atom is 0.218 e. The number of carbonyl (C=O) groups excluding carboxylic acids is 1. The van der Waals surface area contributed by atoms with Crippen LogP contribution in [0, 0.1) is 6.92 Å². The molecule has 4 heterocycles. The third-order valence-corrected chi connectivity index (χ3v) is 6.21. The molecular formula is C22H23ClN6O3S. The summed E-state index contributed by atoms with van der Waals surface area (Å²) >= 11 is 7.92. The van der Waals surface area contributed by atoms with Crippen LogP contribution in [-0.4, -0.2) is 49.4 Å². The third-order valence-electron chi connectivity index (χ3n) is 5.05. The van der Waals surface area contributed by atoms with E-state index < -0.39 is 0 Å². The number of thiazole rings is 1. The zero-order valence-corrected chi connectivity index (χ0v) is 20.3. The Kier molecular flexibility index (Phi) is 6.96. The van der Waals surface area contributed by atoms with Gasteiger partial charge < -0.3 is 9.47 Å². The number of hydrogen-bond acceptors (Lipinski definition) is 9. The van der Waals surface area contributed by atoms with Crippen LogP contribution in [0.4, 0.5) is 0 Å². The normalized spacial score (nSPS) is 12.3. The van der Waals surface area contributed by atoms with Gasteiger partial charge in [-0.15, -0.1) is 4.80 Å². The van der Waals surface area contributed by atoms with Crippen molar-refractivity contribution in [3.8, 4) is 11.7 Å². The van der Waals surface area contributed by atoms with Crippen molar-refractivity contribution in [3.05, 3.63) is 51.4 Å². The number of halogens is 1. The van der Waals surface area contributed by atoms with Crippen molar-refractivity contribution in [2.75, 3.05) is 13.7 Å². The van der Waals surface area contributed by atoms with E-state index in [1.54, 1.807) is 12.3 Å². The highest BCUT2D eigenvalue weighted by atomic mass is 35.5. The van der Waals surface area contributed by atoms with Crippen LogP contribution in [0.5, 0.6) is 5.88 Å². The second kappa shape index (κ2) is 9.90. The van der Waals surface area contributed by atoms with E-state index in [-0.39, 0.29) is 24.7 Å². The number of aromatic nitrogens is 6. The lowest BCUT2D eigenvalue weighted by Gasteiger charge is -2.17. The van der Waals surface area contributed by atoms with E-state index in [9.17, 15) is 4.79 Å². The number of ether oxygens (including phenoxy) is 2. The van der Waals surface area contributed by atoms with Gasteiger partial charge in [0.05, 0.1) is 35.6 Å². The van der Waals surface area contributed by atoms with Crippen molar-refractivity contribution in [2.45, 2.75) is 39.7 Å². The number of nitrogens with zero attached hydrogens (tertiary/aromatic N) is 6. The van der Waals surface area contributed by atoms with Gasteiger partial charge in [-0.3, -0.25) is 4.79 Å². The molecule has 9 nitrogen and oxygen atoms in total. The lowest BCUT2D eigenvalue weighted by molar-refractivity contribution is -0.117. The second-order valence-corrected chi connectivity index (χ2v) is 8.94. The first-order chi connectivity index (χ1) is 15.9. The van der Waals surface area contributed by atoms with Crippen molar-refractivity contribution in [1.82, 2.24) is 29.9 Å². The fourth-order valence-corrected chi connectivity index (χ4v) is 4.75. The zero-order chi connectivity index (χ0) is 23.5. The largest absolute Gasteiger partial charge is 0.481 e. The van der Waals surface area contributed by atoms with Crippen LogP contribution in [-0.2, 0) is 22.4 Å². The van der Waals surface area contributed by atoms with Gasteiger partial charge in [0.1, 0.15) is 16.1 Å². The molecule has 0 aliphatic rings. The van der Waals surface area contributed by atoms with Gasteiger partial charge in [-0.05, 0) is 32.4 Å². The molecule has 0 aromatic carbocycles. The molecular weight excluding hydrogens is 464 g/mol. The fourth-order valence-electron chi connectivity index (χ4n) is 3.72. The van der Waals surface area contributed by atoms with Crippen LogP contribution in [0.3, 0.4) is 0 Å². The average Bonchev–Trinajstić information content (AvgIpc) is 3.43. The molecule has 1 atom stereocenters. The molecule has 0 amide bonds. The maximum atomic E-state index is 13.1. The summed E-state index contributed by atoms with van der Waals surface area (Å²) in [5.41, 5.74) is 3.08. The van der Waals surface area contributed by atoms with Gasteiger partial charge in [0, 0.05) is 36.8 Å². The lowest BCUT2D eigenvalue weighted by atomic mass is 9.97. The van der Waals surface area contributed by atoms with Crippen molar-refractivity contribution in [2.24, 2.45) is 0 Å².